The highest BCUT2D eigenvalue weighted by atomic mass is 16.5. The molecule has 86 valence electrons. The van der Waals surface area contributed by atoms with E-state index in [-0.39, 0.29) is 5.91 Å². The molecule has 0 saturated carbocycles. The van der Waals surface area contributed by atoms with E-state index in [4.69, 9.17) is 5.73 Å². The topological polar surface area (TPSA) is 81.4 Å². The zero-order valence-corrected chi connectivity index (χ0v) is 9.46. The van der Waals surface area contributed by atoms with Gasteiger partial charge in [0.05, 0.1) is 24.0 Å². The average molecular weight is 222 g/mol. The number of carbonyl (C=O) groups excluding carboxylic acids is 2. The summed E-state index contributed by atoms with van der Waals surface area (Å²) in [5.74, 6) is -0.662. The van der Waals surface area contributed by atoms with E-state index in [1.54, 1.807) is 13.0 Å². The Labute approximate surface area is 93.6 Å². The fourth-order valence-electron chi connectivity index (χ4n) is 1.40. The molecule has 0 heterocycles. The van der Waals surface area contributed by atoms with Crippen molar-refractivity contribution in [3.05, 3.63) is 23.3 Å². The van der Waals surface area contributed by atoms with E-state index in [9.17, 15) is 9.59 Å². The van der Waals surface area contributed by atoms with Crippen molar-refractivity contribution < 1.29 is 14.3 Å². The summed E-state index contributed by atoms with van der Waals surface area (Å²) < 4.78 is 4.59. The molecule has 0 aliphatic rings. The number of anilines is 2. The monoisotopic (exact) mass is 222 g/mol. The molecule has 0 bridgehead atoms. The van der Waals surface area contributed by atoms with E-state index in [0.29, 0.717) is 16.9 Å². The molecule has 1 aromatic carbocycles. The van der Waals surface area contributed by atoms with Crippen molar-refractivity contribution in [1.29, 1.82) is 0 Å². The van der Waals surface area contributed by atoms with Gasteiger partial charge in [-0.25, -0.2) is 4.79 Å². The van der Waals surface area contributed by atoms with Crippen molar-refractivity contribution in [3.63, 3.8) is 0 Å². The molecule has 0 aromatic heterocycles. The van der Waals surface area contributed by atoms with E-state index < -0.39 is 5.97 Å². The van der Waals surface area contributed by atoms with Crippen molar-refractivity contribution in [2.45, 2.75) is 13.8 Å². The molecule has 0 spiro atoms. The quantitative estimate of drug-likeness (QED) is 0.584. The molecular weight excluding hydrogens is 208 g/mol. The molecular formula is C11H14N2O3. The Balaban J connectivity index is 3.17. The number of hydrogen-bond donors (Lipinski definition) is 2. The van der Waals surface area contributed by atoms with Crippen molar-refractivity contribution in [3.8, 4) is 0 Å². The highest BCUT2D eigenvalue weighted by Gasteiger charge is 2.11. The van der Waals surface area contributed by atoms with Crippen LogP contribution >= 0.6 is 0 Å². The minimum absolute atomic E-state index is 0.208. The van der Waals surface area contributed by atoms with Crippen LogP contribution in [0, 0.1) is 6.92 Å². The number of methoxy groups -OCH3 is 1. The van der Waals surface area contributed by atoms with Crippen LogP contribution in [0.2, 0.25) is 0 Å². The summed E-state index contributed by atoms with van der Waals surface area (Å²) >= 11 is 0. The van der Waals surface area contributed by atoms with Crippen LogP contribution in [0.15, 0.2) is 12.1 Å². The van der Waals surface area contributed by atoms with Crippen LogP contribution in [-0.2, 0) is 9.53 Å². The van der Waals surface area contributed by atoms with Gasteiger partial charge >= 0.3 is 5.97 Å². The van der Waals surface area contributed by atoms with Crippen LogP contribution in [0.5, 0.6) is 0 Å². The van der Waals surface area contributed by atoms with Gasteiger partial charge in [0.25, 0.3) is 0 Å². The summed E-state index contributed by atoms with van der Waals surface area (Å²) in [5, 5.41) is 2.61. The first-order valence-corrected chi connectivity index (χ1v) is 4.71. The maximum Gasteiger partial charge on any atom is 0.337 e. The van der Waals surface area contributed by atoms with Crippen molar-refractivity contribution in [2.75, 3.05) is 18.2 Å². The zero-order chi connectivity index (χ0) is 12.3. The van der Waals surface area contributed by atoms with Gasteiger partial charge in [0, 0.05) is 6.92 Å². The summed E-state index contributed by atoms with van der Waals surface area (Å²) in [6, 6.07) is 3.09. The van der Waals surface area contributed by atoms with Gasteiger partial charge in [-0.05, 0) is 24.6 Å². The fraction of sp³-hybridized carbons (Fsp3) is 0.273. The number of nitrogens with two attached hydrogens (primary N) is 1. The molecule has 0 unspecified atom stereocenters. The van der Waals surface area contributed by atoms with Crippen LogP contribution in [0.1, 0.15) is 22.8 Å². The number of ether oxygens (including phenoxy) is 1. The highest BCUT2D eigenvalue weighted by molar-refractivity contribution is 5.97. The van der Waals surface area contributed by atoms with E-state index in [2.05, 4.69) is 10.1 Å². The lowest BCUT2D eigenvalue weighted by molar-refractivity contribution is -0.114. The summed E-state index contributed by atoms with van der Waals surface area (Å²) in [7, 11) is 1.30. The standard InChI is InChI=1S/C11H14N2O3/c1-6-4-8(11(15)16-3)5-9(12)10(6)13-7(2)14/h4-5H,12H2,1-3H3,(H,13,14). The first-order chi connectivity index (χ1) is 7.45. The minimum atomic E-state index is -0.454. The third kappa shape index (κ3) is 2.50. The second-order valence-electron chi connectivity index (χ2n) is 3.43. The normalized spacial score (nSPS) is 9.69. The number of rotatable bonds is 2. The molecule has 5 heteroatoms. The maximum atomic E-state index is 11.3. The van der Waals surface area contributed by atoms with Gasteiger partial charge in [0.1, 0.15) is 0 Å². The number of amides is 1. The average Bonchev–Trinajstić information content (AvgIpc) is 2.21. The Morgan fingerprint density at radius 3 is 2.44 bits per heavy atom. The second kappa shape index (κ2) is 4.65. The lowest BCUT2D eigenvalue weighted by atomic mass is 10.1. The fourth-order valence-corrected chi connectivity index (χ4v) is 1.40. The van der Waals surface area contributed by atoms with Gasteiger partial charge in [-0.3, -0.25) is 4.79 Å². The van der Waals surface area contributed by atoms with Gasteiger partial charge in [-0.2, -0.15) is 0 Å². The first kappa shape index (κ1) is 12.0. The molecule has 0 aliphatic heterocycles. The molecule has 1 amide bonds. The highest BCUT2D eigenvalue weighted by Crippen LogP contribution is 2.25. The lowest BCUT2D eigenvalue weighted by Gasteiger charge is -2.11. The van der Waals surface area contributed by atoms with E-state index in [1.165, 1.54) is 20.1 Å². The van der Waals surface area contributed by atoms with Gasteiger partial charge in [0.2, 0.25) is 5.91 Å². The Bertz CT molecular complexity index is 418. The lowest BCUT2D eigenvalue weighted by Crippen LogP contribution is -2.11. The van der Waals surface area contributed by atoms with Crippen LogP contribution in [-0.4, -0.2) is 19.0 Å². The van der Waals surface area contributed by atoms with Crippen LogP contribution in [0.25, 0.3) is 0 Å². The molecule has 0 radical (unpaired) electrons. The molecule has 1 aromatic rings. The SMILES string of the molecule is COC(=O)c1cc(C)c(NC(C)=O)c(N)c1. The number of esters is 1. The van der Waals surface area contributed by atoms with Gasteiger partial charge < -0.3 is 15.8 Å². The van der Waals surface area contributed by atoms with Gasteiger partial charge in [0.15, 0.2) is 0 Å². The summed E-state index contributed by atoms with van der Waals surface area (Å²) in [4.78, 5) is 22.2. The Morgan fingerprint density at radius 2 is 2.00 bits per heavy atom. The summed E-state index contributed by atoms with van der Waals surface area (Å²) in [5.41, 5.74) is 7.70. The third-order valence-electron chi connectivity index (χ3n) is 2.09. The molecule has 0 fully saturated rings. The summed E-state index contributed by atoms with van der Waals surface area (Å²) in [6.07, 6.45) is 0. The Hall–Kier alpha value is -2.04. The predicted molar refractivity (Wildman–Crippen MR) is 61.2 cm³/mol. The first-order valence-electron chi connectivity index (χ1n) is 4.71. The van der Waals surface area contributed by atoms with Crippen LogP contribution in [0.4, 0.5) is 11.4 Å². The molecule has 3 N–H and O–H groups in total. The third-order valence-corrected chi connectivity index (χ3v) is 2.09. The second-order valence-corrected chi connectivity index (χ2v) is 3.43. The number of aryl methyl sites for hydroxylation is 1. The van der Waals surface area contributed by atoms with E-state index >= 15 is 0 Å². The molecule has 5 nitrogen and oxygen atoms in total. The number of nitrogens with one attached hydrogen (secondary N) is 1. The van der Waals surface area contributed by atoms with E-state index in [0.717, 1.165) is 5.56 Å². The Morgan fingerprint density at radius 1 is 1.38 bits per heavy atom. The summed E-state index contributed by atoms with van der Waals surface area (Å²) in [6.45, 7) is 3.15. The van der Waals surface area contributed by atoms with E-state index in [1.807, 2.05) is 0 Å². The number of nitrogen functional groups attached to an aromatic ring is 1. The molecule has 0 aliphatic carbocycles. The zero-order valence-electron chi connectivity index (χ0n) is 9.46. The minimum Gasteiger partial charge on any atom is -0.465 e. The molecule has 0 saturated heterocycles. The maximum absolute atomic E-state index is 11.3. The van der Waals surface area contributed by atoms with Crippen LogP contribution < -0.4 is 11.1 Å². The predicted octanol–water partition coefficient (Wildman–Crippen LogP) is 1.32. The van der Waals surface area contributed by atoms with Crippen molar-refractivity contribution >= 4 is 23.3 Å². The van der Waals surface area contributed by atoms with Crippen LogP contribution in [0.3, 0.4) is 0 Å². The molecule has 0 atom stereocenters. The molecule has 16 heavy (non-hydrogen) atoms. The van der Waals surface area contributed by atoms with Crippen molar-refractivity contribution in [1.82, 2.24) is 0 Å². The van der Waals surface area contributed by atoms with Gasteiger partial charge in [-0.15, -0.1) is 0 Å². The Kier molecular flexibility index (Phi) is 3.50. The smallest absolute Gasteiger partial charge is 0.337 e. The van der Waals surface area contributed by atoms with Gasteiger partial charge in [-0.1, -0.05) is 0 Å². The number of benzene rings is 1. The number of hydrogen-bond acceptors (Lipinski definition) is 4. The largest absolute Gasteiger partial charge is 0.465 e. The van der Waals surface area contributed by atoms with Crippen molar-refractivity contribution in [2.24, 2.45) is 0 Å². The molecule has 1 rings (SSSR count). The number of carbonyl (C=O) groups is 2.